The second-order valence-corrected chi connectivity index (χ2v) is 10.2. The Kier molecular flexibility index (Phi) is 5.51. The summed E-state index contributed by atoms with van der Waals surface area (Å²) in [5.74, 6) is -0.272. The van der Waals surface area contributed by atoms with E-state index in [-0.39, 0.29) is 22.2 Å². The van der Waals surface area contributed by atoms with Gasteiger partial charge in [-0.15, -0.1) is 0 Å². The molecule has 1 amide bonds. The summed E-state index contributed by atoms with van der Waals surface area (Å²) in [6.07, 6.45) is 4.76. The minimum atomic E-state index is -3.36. The molecule has 1 fully saturated rings. The van der Waals surface area contributed by atoms with Gasteiger partial charge in [0, 0.05) is 24.0 Å². The first-order chi connectivity index (χ1) is 15.9. The molecule has 2 aromatic carbocycles. The van der Waals surface area contributed by atoms with E-state index in [2.05, 4.69) is 15.4 Å². The number of carbonyl (C=O) groups is 1. The van der Waals surface area contributed by atoms with E-state index in [9.17, 15) is 13.2 Å². The summed E-state index contributed by atoms with van der Waals surface area (Å²) in [6.45, 7) is 0.412. The van der Waals surface area contributed by atoms with Crippen molar-refractivity contribution in [3.8, 4) is 11.3 Å². The SMILES string of the molecule is O=C(Nc1cccc(-c2ncnn3cccc23)c1)c1ccc(N2CCCCS2(=O)=O)cc1Cl. The lowest BCUT2D eigenvalue weighted by Crippen LogP contribution is -2.37. The zero-order chi connectivity index (χ0) is 23.0. The van der Waals surface area contributed by atoms with Gasteiger partial charge >= 0.3 is 0 Å². The van der Waals surface area contributed by atoms with E-state index >= 15 is 0 Å². The second-order valence-electron chi connectivity index (χ2n) is 7.74. The van der Waals surface area contributed by atoms with E-state index in [1.165, 1.54) is 16.7 Å². The zero-order valence-corrected chi connectivity index (χ0v) is 19.1. The number of nitrogens with zero attached hydrogens (tertiary/aromatic N) is 4. The van der Waals surface area contributed by atoms with E-state index in [1.807, 2.05) is 36.5 Å². The highest BCUT2D eigenvalue weighted by Crippen LogP contribution is 2.29. The molecule has 0 radical (unpaired) electrons. The number of carbonyl (C=O) groups excluding carboxylic acids is 1. The molecular weight excluding hydrogens is 462 g/mol. The van der Waals surface area contributed by atoms with Crippen molar-refractivity contribution in [3.05, 3.63) is 77.7 Å². The maximum absolute atomic E-state index is 12.9. The Labute approximate surface area is 195 Å². The van der Waals surface area contributed by atoms with E-state index in [0.717, 1.165) is 23.2 Å². The van der Waals surface area contributed by atoms with Crippen LogP contribution in [0.15, 0.2) is 67.1 Å². The topological polar surface area (TPSA) is 96.7 Å². The lowest BCUT2D eigenvalue weighted by molar-refractivity contribution is 0.102. The molecule has 4 aromatic rings. The Bertz CT molecular complexity index is 1470. The molecule has 5 rings (SSSR count). The first-order valence-electron chi connectivity index (χ1n) is 10.4. The normalized spacial score (nSPS) is 15.5. The van der Waals surface area contributed by atoms with Gasteiger partial charge in [0.25, 0.3) is 5.91 Å². The van der Waals surface area contributed by atoms with Crippen LogP contribution in [0.1, 0.15) is 23.2 Å². The third-order valence-electron chi connectivity index (χ3n) is 5.56. The predicted octanol–water partition coefficient (Wildman–Crippen LogP) is 4.23. The van der Waals surface area contributed by atoms with Crippen LogP contribution in [0.25, 0.3) is 16.8 Å². The molecule has 2 aromatic heterocycles. The molecule has 0 atom stereocenters. The van der Waals surface area contributed by atoms with Gasteiger partial charge in [0.15, 0.2) is 0 Å². The molecule has 1 saturated heterocycles. The number of benzene rings is 2. The summed E-state index contributed by atoms with van der Waals surface area (Å²) < 4.78 is 27.8. The van der Waals surface area contributed by atoms with Gasteiger partial charge in [-0.05, 0) is 55.3 Å². The number of amides is 1. The third-order valence-corrected chi connectivity index (χ3v) is 7.74. The van der Waals surface area contributed by atoms with Gasteiger partial charge in [0.1, 0.15) is 6.33 Å². The van der Waals surface area contributed by atoms with Gasteiger partial charge in [-0.25, -0.2) is 17.9 Å². The van der Waals surface area contributed by atoms with Crippen molar-refractivity contribution in [2.75, 3.05) is 21.9 Å². The van der Waals surface area contributed by atoms with Crippen molar-refractivity contribution in [2.45, 2.75) is 12.8 Å². The van der Waals surface area contributed by atoms with E-state index < -0.39 is 10.0 Å². The average Bonchev–Trinajstić information content (AvgIpc) is 3.28. The van der Waals surface area contributed by atoms with Crippen LogP contribution in [0, 0.1) is 0 Å². The highest BCUT2D eigenvalue weighted by Gasteiger charge is 2.26. The summed E-state index contributed by atoms with van der Waals surface area (Å²) in [4.78, 5) is 17.3. The fourth-order valence-electron chi connectivity index (χ4n) is 3.95. The highest BCUT2D eigenvalue weighted by molar-refractivity contribution is 7.92. The molecule has 0 spiro atoms. The van der Waals surface area contributed by atoms with Crippen LogP contribution in [-0.2, 0) is 10.0 Å². The van der Waals surface area contributed by atoms with Gasteiger partial charge in [0.05, 0.1) is 33.2 Å². The van der Waals surface area contributed by atoms with Gasteiger partial charge in [-0.3, -0.25) is 9.10 Å². The van der Waals surface area contributed by atoms with Crippen LogP contribution in [0.4, 0.5) is 11.4 Å². The summed E-state index contributed by atoms with van der Waals surface area (Å²) in [5.41, 5.74) is 3.74. The van der Waals surface area contributed by atoms with Crippen molar-refractivity contribution in [1.29, 1.82) is 0 Å². The number of nitrogens with one attached hydrogen (secondary N) is 1. The summed E-state index contributed by atoms with van der Waals surface area (Å²) in [6, 6.07) is 15.9. The number of fused-ring (bicyclic) bond motifs is 1. The second kappa shape index (κ2) is 8.49. The lowest BCUT2D eigenvalue weighted by atomic mass is 10.1. The number of sulfonamides is 1. The molecule has 0 unspecified atom stereocenters. The maximum atomic E-state index is 12.9. The number of hydrogen-bond acceptors (Lipinski definition) is 5. The molecule has 1 aliphatic rings. The van der Waals surface area contributed by atoms with Crippen LogP contribution in [-0.4, -0.2) is 41.2 Å². The van der Waals surface area contributed by atoms with E-state index in [1.54, 1.807) is 22.7 Å². The Morgan fingerprint density at radius 3 is 2.76 bits per heavy atom. The summed E-state index contributed by atoms with van der Waals surface area (Å²) >= 11 is 6.38. The predicted molar refractivity (Wildman–Crippen MR) is 128 cm³/mol. The summed E-state index contributed by atoms with van der Waals surface area (Å²) in [7, 11) is -3.36. The number of aromatic nitrogens is 3. The van der Waals surface area contributed by atoms with Crippen molar-refractivity contribution in [3.63, 3.8) is 0 Å². The number of halogens is 1. The Balaban J connectivity index is 1.39. The molecule has 168 valence electrons. The molecular formula is C23H20ClN5O3S. The van der Waals surface area contributed by atoms with Crippen LogP contribution in [0.5, 0.6) is 0 Å². The lowest BCUT2D eigenvalue weighted by Gasteiger charge is -2.28. The molecule has 0 aliphatic carbocycles. The minimum absolute atomic E-state index is 0.116. The van der Waals surface area contributed by atoms with Crippen molar-refractivity contribution in [1.82, 2.24) is 14.6 Å². The molecule has 3 heterocycles. The Morgan fingerprint density at radius 2 is 1.94 bits per heavy atom. The first kappa shape index (κ1) is 21.4. The van der Waals surface area contributed by atoms with Crippen LogP contribution >= 0.6 is 11.6 Å². The first-order valence-corrected chi connectivity index (χ1v) is 12.4. The standard InChI is InChI=1S/C23H20ClN5O3S/c24-20-14-18(29-11-1-2-12-33(29,31)32)8-9-19(20)23(30)27-17-6-3-5-16(13-17)22-21-7-4-10-28(21)26-15-25-22/h3-10,13-15H,1-2,11-12H2,(H,27,30). The minimum Gasteiger partial charge on any atom is -0.322 e. The average molecular weight is 482 g/mol. The van der Waals surface area contributed by atoms with Gasteiger partial charge in [0.2, 0.25) is 10.0 Å². The number of hydrogen-bond donors (Lipinski definition) is 1. The molecule has 33 heavy (non-hydrogen) atoms. The monoisotopic (exact) mass is 481 g/mol. The summed E-state index contributed by atoms with van der Waals surface area (Å²) in [5, 5.41) is 7.23. The molecule has 1 aliphatic heterocycles. The quantitative estimate of drug-likeness (QED) is 0.470. The van der Waals surface area contributed by atoms with Crippen molar-refractivity contribution >= 4 is 44.4 Å². The molecule has 0 bridgehead atoms. The third kappa shape index (κ3) is 4.17. The maximum Gasteiger partial charge on any atom is 0.257 e. The van der Waals surface area contributed by atoms with Crippen LogP contribution in [0.2, 0.25) is 5.02 Å². The van der Waals surface area contributed by atoms with E-state index in [4.69, 9.17) is 11.6 Å². The largest absolute Gasteiger partial charge is 0.322 e. The van der Waals surface area contributed by atoms with Crippen molar-refractivity contribution < 1.29 is 13.2 Å². The van der Waals surface area contributed by atoms with E-state index in [0.29, 0.717) is 24.3 Å². The molecule has 10 heteroatoms. The van der Waals surface area contributed by atoms with Gasteiger partial charge in [-0.1, -0.05) is 23.7 Å². The highest BCUT2D eigenvalue weighted by atomic mass is 35.5. The molecule has 0 saturated carbocycles. The number of rotatable bonds is 4. The fraction of sp³-hybridized carbons (Fsp3) is 0.174. The fourth-order valence-corrected chi connectivity index (χ4v) is 5.85. The molecule has 1 N–H and O–H groups in total. The van der Waals surface area contributed by atoms with Crippen LogP contribution < -0.4 is 9.62 Å². The Morgan fingerprint density at radius 1 is 1.06 bits per heavy atom. The Hall–Kier alpha value is -3.43. The molecule has 8 nitrogen and oxygen atoms in total. The van der Waals surface area contributed by atoms with Crippen molar-refractivity contribution in [2.24, 2.45) is 0 Å². The van der Waals surface area contributed by atoms with Gasteiger partial charge in [-0.2, -0.15) is 5.10 Å². The zero-order valence-electron chi connectivity index (χ0n) is 17.5. The smallest absolute Gasteiger partial charge is 0.257 e. The van der Waals surface area contributed by atoms with Crippen LogP contribution in [0.3, 0.4) is 0 Å². The number of anilines is 2. The van der Waals surface area contributed by atoms with Gasteiger partial charge < -0.3 is 5.32 Å².